The quantitative estimate of drug-likeness (QED) is 0.749. The Morgan fingerprint density at radius 1 is 1.27 bits per heavy atom. The molecule has 1 atom stereocenters. The first-order valence-corrected chi connectivity index (χ1v) is 6.03. The minimum atomic E-state index is 0.0995. The largest absolute Gasteiger partial charge is 0.341 e. The van der Waals surface area contributed by atoms with Crippen molar-refractivity contribution in [2.45, 2.75) is 40.2 Å². The van der Waals surface area contributed by atoms with E-state index in [0.29, 0.717) is 17.7 Å². The highest BCUT2D eigenvalue weighted by Crippen LogP contribution is 2.11. The Morgan fingerprint density at radius 2 is 1.73 bits per heavy atom. The molecule has 1 saturated heterocycles. The van der Waals surface area contributed by atoms with Crippen molar-refractivity contribution < 1.29 is 4.79 Å². The highest BCUT2D eigenvalue weighted by molar-refractivity contribution is 5.82. The standard InChI is InChI=1S/C12H24N2O/c1-9(2)7-14(8-10(3)4)12(15)11-5-6-13-11/h9-11,13H,5-8H2,1-4H3/t11-/m1/s1. The molecule has 0 saturated carbocycles. The second-order valence-electron chi connectivity index (χ2n) is 5.33. The van der Waals surface area contributed by atoms with Crippen molar-refractivity contribution in [1.82, 2.24) is 10.2 Å². The summed E-state index contributed by atoms with van der Waals surface area (Å²) >= 11 is 0. The molecule has 15 heavy (non-hydrogen) atoms. The summed E-state index contributed by atoms with van der Waals surface area (Å²) < 4.78 is 0. The lowest BCUT2D eigenvalue weighted by atomic mass is 10.0. The van der Waals surface area contributed by atoms with Gasteiger partial charge in [0.2, 0.25) is 5.91 Å². The van der Waals surface area contributed by atoms with Gasteiger partial charge in [0, 0.05) is 13.1 Å². The number of nitrogens with one attached hydrogen (secondary N) is 1. The molecule has 3 heteroatoms. The van der Waals surface area contributed by atoms with Crippen LogP contribution in [0.15, 0.2) is 0 Å². The second-order valence-corrected chi connectivity index (χ2v) is 5.33. The Morgan fingerprint density at radius 3 is 2.00 bits per heavy atom. The molecule has 0 bridgehead atoms. The van der Waals surface area contributed by atoms with E-state index in [-0.39, 0.29) is 6.04 Å². The molecule has 0 aromatic rings. The molecule has 1 fully saturated rings. The van der Waals surface area contributed by atoms with Crippen molar-refractivity contribution in [2.75, 3.05) is 19.6 Å². The van der Waals surface area contributed by atoms with Gasteiger partial charge in [-0.05, 0) is 24.8 Å². The summed E-state index contributed by atoms with van der Waals surface area (Å²) in [6.45, 7) is 11.4. The van der Waals surface area contributed by atoms with Crippen molar-refractivity contribution in [3.63, 3.8) is 0 Å². The van der Waals surface area contributed by atoms with Crippen LogP contribution in [0.3, 0.4) is 0 Å². The number of carbonyl (C=O) groups excluding carboxylic acids is 1. The molecular weight excluding hydrogens is 188 g/mol. The maximum absolute atomic E-state index is 12.1. The minimum Gasteiger partial charge on any atom is -0.341 e. The van der Waals surface area contributed by atoms with Gasteiger partial charge >= 0.3 is 0 Å². The Bertz CT molecular complexity index is 200. The topological polar surface area (TPSA) is 32.3 Å². The minimum absolute atomic E-state index is 0.0995. The first-order chi connectivity index (χ1) is 7.00. The van der Waals surface area contributed by atoms with E-state index in [1.54, 1.807) is 0 Å². The fourth-order valence-electron chi connectivity index (χ4n) is 1.86. The van der Waals surface area contributed by atoms with Crippen LogP contribution in [0.5, 0.6) is 0 Å². The summed E-state index contributed by atoms with van der Waals surface area (Å²) in [5.41, 5.74) is 0. The summed E-state index contributed by atoms with van der Waals surface area (Å²) in [5.74, 6) is 1.39. The van der Waals surface area contributed by atoms with E-state index in [1.165, 1.54) is 0 Å². The fraction of sp³-hybridized carbons (Fsp3) is 0.917. The maximum atomic E-state index is 12.1. The number of amides is 1. The molecule has 1 aliphatic rings. The van der Waals surface area contributed by atoms with E-state index in [2.05, 4.69) is 33.0 Å². The van der Waals surface area contributed by atoms with Gasteiger partial charge in [-0.1, -0.05) is 27.7 Å². The molecule has 1 amide bonds. The summed E-state index contributed by atoms with van der Waals surface area (Å²) in [7, 11) is 0. The maximum Gasteiger partial charge on any atom is 0.239 e. The number of nitrogens with zero attached hydrogens (tertiary/aromatic N) is 1. The summed E-state index contributed by atoms with van der Waals surface area (Å²) in [5, 5.41) is 3.18. The molecule has 0 aliphatic carbocycles. The third-order valence-corrected chi connectivity index (χ3v) is 2.60. The van der Waals surface area contributed by atoms with Crippen molar-refractivity contribution in [1.29, 1.82) is 0 Å². The zero-order valence-electron chi connectivity index (χ0n) is 10.4. The van der Waals surface area contributed by atoms with Gasteiger partial charge in [-0.2, -0.15) is 0 Å². The first-order valence-electron chi connectivity index (χ1n) is 6.03. The zero-order chi connectivity index (χ0) is 11.4. The lowest BCUT2D eigenvalue weighted by Crippen LogP contribution is -2.55. The average molecular weight is 212 g/mol. The molecular formula is C12H24N2O. The number of rotatable bonds is 5. The van der Waals surface area contributed by atoms with Gasteiger partial charge < -0.3 is 10.2 Å². The van der Waals surface area contributed by atoms with E-state index >= 15 is 0 Å². The molecule has 1 aliphatic heterocycles. The predicted molar refractivity (Wildman–Crippen MR) is 62.7 cm³/mol. The van der Waals surface area contributed by atoms with Gasteiger partial charge in [0.15, 0.2) is 0 Å². The van der Waals surface area contributed by atoms with Gasteiger partial charge in [0.05, 0.1) is 6.04 Å². The van der Waals surface area contributed by atoms with Gasteiger partial charge in [-0.15, -0.1) is 0 Å². The molecule has 0 radical (unpaired) electrons. The molecule has 1 rings (SSSR count). The fourth-order valence-corrected chi connectivity index (χ4v) is 1.86. The third kappa shape index (κ3) is 3.82. The van der Waals surface area contributed by atoms with Crippen LogP contribution in [-0.4, -0.2) is 36.5 Å². The highest BCUT2D eigenvalue weighted by Gasteiger charge is 2.29. The molecule has 3 nitrogen and oxygen atoms in total. The first kappa shape index (κ1) is 12.5. The van der Waals surface area contributed by atoms with E-state index in [4.69, 9.17) is 0 Å². The van der Waals surface area contributed by atoms with Crippen molar-refractivity contribution in [3.05, 3.63) is 0 Å². The summed E-state index contributed by atoms with van der Waals surface area (Å²) in [4.78, 5) is 14.1. The smallest absolute Gasteiger partial charge is 0.239 e. The van der Waals surface area contributed by atoms with E-state index in [1.807, 2.05) is 4.90 Å². The van der Waals surface area contributed by atoms with Gasteiger partial charge in [-0.25, -0.2) is 0 Å². The van der Waals surface area contributed by atoms with Crippen LogP contribution in [0, 0.1) is 11.8 Å². The lowest BCUT2D eigenvalue weighted by molar-refractivity contribution is -0.136. The third-order valence-electron chi connectivity index (χ3n) is 2.60. The van der Waals surface area contributed by atoms with Crippen LogP contribution in [-0.2, 0) is 4.79 Å². The SMILES string of the molecule is CC(C)CN(CC(C)C)C(=O)[C@H]1CCN1. The van der Waals surface area contributed by atoms with Gasteiger partial charge in [-0.3, -0.25) is 4.79 Å². The molecule has 0 spiro atoms. The molecule has 1 heterocycles. The van der Waals surface area contributed by atoms with Crippen molar-refractivity contribution in [2.24, 2.45) is 11.8 Å². The van der Waals surface area contributed by atoms with Crippen molar-refractivity contribution in [3.8, 4) is 0 Å². The van der Waals surface area contributed by atoms with Crippen LogP contribution in [0.1, 0.15) is 34.1 Å². The Hall–Kier alpha value is -0.570. The summed E-state index contributed by atoms with van der Waals surface area (Å²) in [6, 6.07) is 0.0995. The van der Waals surface area contributed by atoms with Gasteiger partial charge in [0.25, 0.3) is 0 Å². The van der Waals surface area contributed by atoms with Crippen molar-refractivity contribution >= 4 is 5.91 Å². The second kappa shape index (κ2) is 5.50. The van der Waals surface area contributed by atoms with Crippen LogP contribution >= 0.6 is 0 Å². The van der Waals surface area contributed by atoms with Crippen LogP contribution in [0.2, 0.25) is 0 Å². The Labute approximate surface area is 93.2 Å². The molecule has 0 aromatic heterocycles. The van der Waals surface area contributed by atoms with E-state index in [9.17, 15) is 4.79 Å². The zero-order valence-corrected chi connectivity index (χ0v) is 10.4. The van der Waals surface area contributed by atoms with Crippen LogP contribution in [0.4, 0.5) is 0 Å². The number of hydrogen-bond donors (Lipinski definition) is 1. The van der Waals surface area contributed by atoms with Crippen LogP contribution < -0.4 is 5.32 Å². The molecule has 88 valence electrons. The molecule has 1 N–H and O–H groups in total. The molecule has 0 unspecified atom stereocenters. The molecule has 0 aromatic carbocycles. The summed E-state index contributed by atoms with van der Waals surface area (Å²) in [6.07, 6.45) is 1.01. The average Bonchev–Trinajstić information content (AvgIpc) is 1.97. The predicted octanol–water partition coefficient (Wildman–Crippen LogP) is 1.49. The number of hydrogen-bond acceptors (Lipinski definition) is 2. The van der Waals surface area contributed by atoms with E-state index in [0.717, 1.165) is 26.1 Å². The normalized spacial score (nSPS) is 20.5. The monoisotopic (exact) mass is 212 g/mol. The van der Waals surface area contributed by atoms with Gasteiger partial charge in [0.1, 0.15) is 0 Å². The Kier molecular flexibility index (Phi) is 4.58. The lowest BCUT2D eigenvalue weighted by Gasteiger charge is -2.34. The Balaban J connectivity index is 2.49. The number of carbonyl (C=O) groups is 1. The van der Waals surface area contributed by atoms with Crippen LogP contribution in [0.25, 0.3) is 0 Å². The van der Waals surface area contributed by atoms with E-state index < -0.39 is 0 Å². The highest BCUT2D eigenvalue weighted by atomic mass is 16.2.